The number of hydrogen-bond acceptors (Lipinski definition) is 7. The number of halogens is 1. The van der Waals surface area contributed by atoms with Gasteiger partial charge in [-0.2, -0.15) is 5.26 Å². The van der Waals surface area contributed by atoms with Crippen LogP contribution in [0.5, 0.6) is 0 Å². The van der Waals surface area contributed by atoms with Crippen LogP contribution < -0.4 is 9.80 Å². The maximum absolute atomic E-state index is 12.6. The van der Waals surface area contributed by atoms with E-state index in [1.54, 1.807) is 23.9 Å². The van der Waals surface area contributed by atoms with Gasteiger partial charge in [-0.05, 0) is 24.3 Å². The number of hydrogen-bond donors (Lipinski definition) is 0. The van der Waals surface area contributed by atoms with Crippen molar-refractivity contribution in [2.45, 2.75) is 0 Å². The number of fused-ring (bicyclic) bond motifs is 1. The number of carbonyl (C=O) groups is 2. The lowest BCUT2D eigenvalue weighted by Crippen LogP contribution is -2.27. The zero-order valence-electron chi connectivity index (χ0n) is 14.6. The molecule has 7 nitrogen and oxygen atoms in total. The molecule has 2 aromatic rings. The molecule has 1 aliphatic rings. The Kier molecular flexibility index (Phi) is 5.10. The van der Waals surface area contributed by atoms with E-state index < -0.39 is 18.4 Å². The molecular formula is C19H15ClN4O3. The van der Waals surface area contributed by atoms with Crippen molar-refractivity contribution in [2.24, 2.45) is 0 Å². The molecule has 0 amide bonds. The van der Waals surface area contributed by atoms with Gasteiger partial charge in [0.15, 0.2) is 6.61 Å². The van der Waals surface area contributed by atoms with E-state index in [9.17, 15) is 14.9 Å². The molecule has 1 aromatic heterocycles. The minimum atomic E-state index is -0.778. The van der Waals surface area contributed by atoms with Crippen LogP contribution >= 0.6 is 11.6 Å². The van der Waals surface area contributed by atoms with Crippen molar-refractivity contribution in [1.82, 2.24) is 4.98 Å². The number of ether oxygens (including phenoxy) is 1. The first-order valence-corrected chi connectivity index (χ1v) is 8.35. The van der Waals surface area contributed by atoms with Gasteiger partial charge in [0, 0.05) is 20.3 Å². The summed E-state index contributed by atoms with van der Waals surface area (Å²) in [5.41, 5.74) is 1.70. The topological polar surface area (TPSA) is 86.5 Å². The first-order chi connectivity index (χ1) is 13.0. The fraction of sp³-hybridized carbons (Fsp3) is 0.158. The number of benzene rings is 1. The smallest absolute Gasteiger partial charge is 0.341 e. The van der Waals surface area contributed by atoms with Gasteiger partial charge in [0.2, 0.25) is 5.78 Å². The molecule has 0 radical (unpaired) electrons. The molecule has 0 spiro atoms. The Morgan fingerprint density at radius 1 is 1.15 bits per heavy atom. The standard InChI is InChI=1S/C19H15ClN4O3/c1-23-14-7-3-4-8-15(14)24(2)18(23)13(10-21)16(25)11-27-19(26)12-6-5-9-22-17(12)20/h3-9H,11H2,1-2H3. The van der Waals surface area contributed by atoms with Crippen LogP contribution in [0.2, 0.25) is 5.15 Å². The lowest BCUT2D eigenvalue weighted by molar-refractivity contribution is -0.118. The molecule has 0 unspecified atom stereocenters. The van der Waals surface area contributed by atoms with E-state index in [-0.39, 0.29) is 16.3 Å². The molecule has 1 aromatic carbocycles. The maximum atomic E-state index is 12.6. The predicted octanol–water partition coefficient (Wildman–Crippen LogP) is 2.78. The lowest BCUT2D eigenvalue weighted by atomic mass is 10.2. The van der Waals surface area contributed by atoms with Crippen molar-refractivity contribution >= 4 is 34.7 Å². The second kappa shape index (κ2) is 7.48. The Bertz CT molecular complexity index is 965. The monoisotopic (exact) mass is 382 g/mol. The Morgan fingerprint density at radius 2 is 1.78 bits per heavy atom. The molecule has 0 N–H and O–H groups in total. The number of nitrogens with zero attached hydrogens (tertiary/aromatic N) is 4. The van der Waals surface area contributed by atoms with Crippen molar-refractivity contribution in [3.63, 3.8) is 0 Å². The Hall–Kier alpha value is -3.37. The van der Waals surface area contributed by atoms with Crippen molar-refractivity contribution in [3.8, 4) is 6.07 Å². The van der Waals surface area contributed by atoms with Gasteiger partial charge in [-0.15, -0.1) is 0 Å². The summed E-state index contributed by atoms with van der Waals surface area (Å²) in [4.78, 5) is 32.0. The summed E-state index contributed by atoms with van der Waals surface area (Å²) in [6, 6.07) is 12.4. The first-order valence-electron chi connectivity index (χ1n) is 7.97. The molecule has 27 heavy (non-hydrogen) atoms. The highest BCUT2D eigenvalue weighted by molar-refractivity contribution is 6.32. The molecule has 0 bridgehead atoms. The second-order valence-electron chi connectivity index (χ2n) is 5.76. The largest absolute Gasteiger partial charge is 0.454 e. The zero-order valence-corrected chi connectivity index (χ0v) is 15.4. The van der Waals surface area contributed by atoms with Crippen LogP contribution in [0.3, 0.4) is 0 Å². The summed E-state index contributed by atoms with van der Waals surface area (Å²) in [7, 11) is 3.54. The molecule has 0 atom stereocenters. The summed E-state index contributed by atoms with van der Waals surface area (Å²) in [6.45, 7) is -0.575. The third kappa shape index (κ3) is 3.35. The van der Waals surface area contributed by atoms with E-state index in [1.807, 2.05) is 30.3 Å². The van der Waals surface area contributed by atoms with Crippen molar-refractivity contribution in [3.05, 3.63) is 64.7 Å². The number of carbonyl (C=O) groups excluding carboxylic acids is 2. The van der Waals surface area contributed by atoms with Crippen LogP contribution in [0.1, 0.15) is 10.4 Å². The van der Waals surface area contributed by atoms with Crippen LogP contribution in [0.25, 0.3) is 0 Å². The van der Waals surface area contributed by atoms with E-state index in [0.717, 1.165) is 11.4 Å². The number of aromatic nitrogens is 1. The molecule has 2 heterocycles. The molecular weight excluding hydrogens is 368 g/mol. The van der Waals surface area contributed by atoms with Crippen LogP contribution in [0.4, 0.5) is 11.4 Å². The van der Waals surface area contributed by atoms with Gasteiger partial charge < -0.3 is 14.5 Å². The summed E-state index contributed by atoms with van der Waals surface area (Å²) in [5.74, 6) is -0.952. The number of nitriles is 1. The molecule has 8 heteroatoms. The molecule has 0 saturated heterocycles. The number of rotatable bonds is 4. The van der Waals surface area contributed by atoms with E-state index in [4.69, 9.17) is 16.3 Å². The summed E-state index contributed by atoms with van der Waals surface area (Å²) in [5, 5.41) is 9.53. The van der Waals surface area contributed by atoms with Crippen LogP contribution in [-0.4, -0.2) is 37.4 Å². The third-order valence-corrected chi connectivity index (χ3v) is 4.47. The number of ketones is 1. The fourth-order valence-corrected chi connectivity index (χ4v) is 3.07. The van der Waals surface area contributed by atoms with Gasteiger partial charge in [-0.3, -0.25) is 4.79 Å². The van der Waals surface area contributed by atoms with E-state index in [1.165, 1.54) is 18.3 Å². The Balaban J connectivity index is 1.82. The van der Waals surface area contributed by atoms with Crippen molar-refractivity contribution in [1.29, 1.82) is 5.26 Å². The van der Waals surface area contributed by atoms with Gasteiger partial charge in [-0.1, -0.05) is 23.7 Å². The van der Waals surface area contributed by atoms with Gasteiger partial charge in [0.05, 0.1) is 16.9 Å². The Labute approximate surface area is 161 Å². The molecule has 0 aliphatic carbocycles. The minimum Gasteiger partial charge on any atom is -0.454 e. The summed E-state index contributed by atoms with van der Waals surface area (Å²) >= 11 is 5.85. The third-order valence-electron chi connectivity index (χ3n) is 4.17. The normalized spacial score (nSPS) is 12.4. The molecule has 1 aliphatic heterocycles. The van der Waals surface area contributed by atoms with E-state index in [0.29, 0.717) is 5.82 Å². The SMILES string of the molecule is CN1C(=C(C#N)C(=O)COC(=O)c2cccnc2Cl)N(C)c2ccccc21. The number of anilines is 2. The number of Topliss-reactive ketones (excluding diaryl/α,β-unsaturated/α-hetero) is 1. The number of para-hydroxylation sites is 2. The van der Waals surface area contributed by atoms with Crippen molar-refractivity contribution in [2.75, 3.05) is 30.5 Å². The summed E-state index contributed by atoms with van der Waals surface area (Å²) < 4.78 is 5.03. The highest BCUT2D eigenvalue weighted by Crippen LogP contribution is 2.40. The zero-order chi connectivity index (χ0) is 19.6. The lowest BCUT2D eigenvalue weighted by Gasteiger charge is -2.19. The molecule has 0 saturated carbocycles. The van der Waals surface area contributed by atoms with Crippen LogP contribution in [0, 0.1) is 11.3 Å². The minimum absolute atomic E-state index is 0.0143. The molecule has 3 rings (SSSR count). The van der Waals surface area contributed by atoms with Gasteiger partial charge in [0.25, 0.3) is 0 Å². The van der Waals surface area contributed by atoms with Crippen LogP contribution in [0.15, 0.2) is 54.0 Å². The quantitative estimate of drug-likeness (QED) is 0.348. The fourth-order valence-electron chi connectivity index (χ4n) is 2.88. The molecule has 0 fully saturated rings. The van der Waals surface area contributed by atoms with Crippen LogP contribution in [-0.2, 0) is 9.53 Å². The Morgan fingerprint density at radius 3 is 2.33 bits per heavy atom. The maximum Gasteiger partial charge on any atom is 0.341 e. The molecule has 136 valence electrons. The second-order valence-corrected chi connectivity index (χ2v) is 6.12. The number of pyridine rings is 1. The van der Waals surface area contributed by atoms with E-state index in [2.05, 4.69) is 4.98 Å². The average molecular weight is 383 g/mol. The number of esters is 1. The first kappa shape index (κ1) is 18.4. The predicted molar refractivity (Wildman–Crippen MR) is 100 cm³/mol. The average Bonchev–Trinajstić information content (AvgIpc) is 2.93. The highest BCUT2D eigenvalue weighted by atomic mass is 35.5. The van der Waals surface area contributed by atoms with Crippen molar-refractivity contribution < 1.29 is 14.3 Å². The van der Waals surface area contributed by atoms with E-state index >= 15 is 0 Å². The highest BCUT2D eigenvalue weighted by Gasteiger charge is 2.31. The summed E-state index contributed by atoms with van der Waals surface area (Å²) in [6.07, 6.45) is 1.44. The van der Waals surface area contributed by atoms with Gasteiger partial charge >= 0.3 is 5.97 Å². The van der Waals surface area contributed by atoms with Gasteiger partial charge in [0.1, 0.15) is 22.6 Å². The van der Waals surface area contributed by atoms with Gasteiger partial charge in [-0.25, -0.2) is 9.78 Å².